The number of Topliss-reactive ketones (excluding diaryl/α,β-unsaturated/α-hetero) is 1. The summed E-state index contributed by atoms with van der Waals surface area (Å²) >= 11 is 0. The number of carbonyl (C=O) groups is 2. The first kappa shape index (κ1) is 13.7. The smallest absolute Gasteiger partial charge is 0.219 e. The molecule has 0 N–H and O–H groups in total. The molecule has 0 spiro atoms. The van der Waals surface area contributed by atoms with Crippen LogP contribution in [0.4, 0.5) is 4.39 Å². The summed E-state index contributed by atoms with van der Waals surface area (Å²) in [5.74, 6) is -0.635. The molecule has 0 atom stereocenters. The van der Waals surface area contributed by atoms with E-state index in [-0.39, 0.29) is 23.8 Å². The molecule has 1 amide bonds. The minimum atomic E-state index is -0.477. The quantitative estimate of drug-likeness (QED) is 0.770. The molecule has 1 aromatic carbocycles. The standard InChI is InChI=1S/C14H17FN2O2/c1-11(18)17-8-6-16(7-9-17)10-14(19)12-4-2-3-5-13(12)15/h2-5H,6-10H2,1H3. The van der Waals surface area contributed by atoms with Gasteiger partial charge in [-0.05, 0) is 12.1 Å². The van der Waals surface area contributed by atoms with Gasteiger partial charge in [0.15, 0.2) is 5.78 Å². The van der Waals surface area contributed by atoms with Gasteiger partial charge in [0.1, 0.15) is 5.82 Å². The van der Waals surface area contributed by atoms with Gasteiger partial charge >= 0.3 is 0 Å². The number of carbonyl (C=O) groups excluding carboxylic acids is 2. The third kappa shape index (κ3) is 3.38. The van der Waals surface area contributed by atoms with E-state index in [0.29, 0.717) is 26.2 Å². The maximum absolute atomic E-state index is 13.5. The minimum absolute atomic E-state index is 0.0556. The summed E-state index contributed by atoms with van der Waals surface area (Å²) in [6.45, 7) is 4.30. The van der Waals surface area contributed by atoms with Crippen molar-refractivity contribution in [2.45, 2.75) is 6.92 Å². The average molecular weight is 264 g/mol. The van der Waals surface area contributed by atoms with Crippen LogP contribution in [-0.4, -0.2) is 54.2 Å². The van der Waals surface area contributed by atoms with E-state index in [1.54, 1.807) is 24.0 Å². The number of nitrogens with zero attached hydrogens (tertiary/aromatic N) is 2. The van der Waals surface area contributed by atoms with E-state index in [1.807, 2.05) is 4.90 Å². The highest BCUT2D eigenvalue weighted by Gasteiger charge is 2.21. The Hall–Kier alpha value is -1.75. The second kappa shape index (κ2) is 5.93. The number of halogens is 1. The molecule has 0 aliphatic carbocycles. The third-order valence-corrected chi connectivity index (χ3v) is 3.36. The van der Waals surface area contributed by atoms with Crippen LogP contribution >= 0.6 is 0 Å². The normalized spacial score (nSPS) is 16.4. The molecule has 1 aliphatic rings. The second-order valence-electron chi connectivity index (χ2n) is 4.69. The Balaban J connectivity index is 1.91. The van der Waals surface area contributed by atoms with Gasteiger partial charge < -0.3 is 4.90 Å². The molecule has 5 heteroatoms. The van der Waals surface area contributed by atoms with E-state index in [0.717, 1.165) is 0 Å². The second-order valence-corrected chi connectivity index (χ2v) is 4.69. The number of ketones is 1. The summed E-state index contributed by atoms with van der Waals surface area (Å²) in [5.41, 5.74) is 0.136. The molecule has 0 bridgehead atoms. The molecule has 1 fully saturated rings. The first-order valence-electron chi connectivity index (χ1n) is 6.33. The SMILES string of the molecule is CC(=O)N1CCN(CC(=O)c2ccccc2F)CC1. The van der Waals surface area contributed by atoms with Crippen LogP contribution in [0.25, 0.3) is 0 Å². The number of piperazine rings is 1. The fourth-order valence-electron chi connectivity index (χ4n) is 2.20. The molecule has 1 aromatic rings. The summed E-state index contributed by atoms with van der Waals surface area (Å²) in [6, 6.07) is 6.02. The van der Waals surface area contributed by atoms with Gasteiger partial charge in [-0.2, -0.15) is 0 Å². The molecule has 1 aliphatic heterocycles. The van der Waals surface area contributed by atoms with Crippen molar-refractivity contribution in [3.63, 3.8) is 0 Å². The Morgan fingerprint density at radius 1 is 1.16 bits per heavy atom. The molecule has 0 radical (unpaired) electrons. The van der Waals surface area contributed by atoms with E-state index < -0.39 is 5.82 Å². The summed E-state index contributed by atoms with van der Waals surface area (Å²) < 4.78 is 13.5. The number of benzene rings is 1. The van der Waals surface area contributed by atoms with Crippen LogP contribution in [-0.2, 0) is 4.79 Å². The van der Waals surface area contributed by atoms with Gasteiger partial charge in [0.25, 0.3) is 0 Å². The van der Waals surface area contributed by atoms with E-state index >= 15 is 0 Å². The van der Waals surface area contributed by atoms with Crippen molar-refractivity contribution in [1.82, 2.24) is 9.80 Å². The van der Waals surface area contributed by atoms with Crippen LogP contribution < -0.4 is 0 Å². The average Bonchev–Trinajstić information content (AvgIpc) is 2.39. The van der Waals surface area contributed by atoms with Crippen molar-refractivity contribution >= 4 is 11.7 Å². The van der Waals surface area contributed by atoms with Crippen LogP contribution in [0.1, 0.15) is 17.3 Å². The number of amides is 1. The first-order chi connectivity index (χ1) is 9.08. The van der Waals surface area contributed by atoms with Gasteiger partial charge in [-0.1, -0.05) is 12.1 Å². The fourth-order valence-corrected chi connectivity index (χ4v) is 2.20. The highest BCUT2D eigenvalue weighted by molar-refractivity contribution is 5.97. The Bertz CT molecular complexity index is 482. The van der Waals surface area contributed by atoms with Crippen LogP contribution in [0.2, 0.25) is 0 Å². The fraction of sp³-hybridized carbons (Fsp3) is 0.429. The van der Waals surface area contributed by atoms with E-state index in [4.69, 9.17) is 0 Å². The monoisotopic (exact) mass is 264 g/mol. The number of hydrogen-bond donors (Lipinski definition) is 0. The van der Waals surface area contributed by atoms with Crippen LogP contribution in [0.5, 0.6) is 0 Å². The molecule has 1 saturated heterocycles. The number of rotatable bonds is 3. The Morgan fingerprint density at radius 2 is 1.79 bits per heavy atom. The van der Waals surface area contributed by atoms with Gasteiger partial charge in [-0.15, -0.1) is 0 Å². The van der Waals surface area contributed by atoms with Gasteiger partial charge in [-0.3, -0.25) is 14.5 Å². The maximum Gasteiger partial charge on any atom is 0.219 e. The number of hydrogen-bond acceptors (Lipinski definition) is 3. The van der Waals surface area contributed by atoms with Crippen LogP contribution in [0, 0.1) is 5.82 Å². The van der Waals surface area contributed by atoms with E-state index in [9.17, 15) is 14.0 Å². The molecule has 4 nitrogen and oxygen atoms in total. The molecule has 0 saturated carbocycles. The molecule has 102 valence electrons. The molecule has 0 unspecified atom stereocenters. The Labute approximate surface area is 111 Å². The van der Waals surface area contributed by atoms with E-state index in [2.05, 4.69) is 0 Å². The lowest BCUT2D eigenvalue weighted by Crippen LogP contribution is -2.49. The zero-order valence-electron chi connectivity index (χ0n) is 10.9. The van der Waals surface area contributed by atoms with Crippen molar-refractivity contribution in [3.05, 3.63) is 35.6 Å². The summed E-state index contributed by atoms with van der Waals surface area (Å²) in [5, 5.41) is 0. The predicted molar refractivity (Wildman–Crippen MR) is 69.4 cm³/mol. The largest absolute Gasteiger partial charge is 0.340 e. The molecule has 0 aromatic heterocycles. The zero-order valence-corrected chi connectivity index (χ0v) is 10.9. The summed E-state index contributed by atoms with van der Waals surface area (Å²) in [6.07, 6.45) is 0. The van der Waals surface area contributed by atoms with E-state index in [1.165, 1.54) is 12.1 Å². The highest BCUT2D eigenvalue weighted by Crippen LogP contribution is 2.09. The molecular weight excluding hydrogens is 247 g/mol. The van der Waals surface area contributed by atoms with Gasteiger partial charge in [0, 0.05) is 33.1 Å². The molecule has 1 heterocycles. The minimum Gasteiger partial charge on any atom is -0.340 e. The van der Waals surface area contributed by atoms with Crippen molar-refractivity contribution in [3.8, 4) is 0 Å². The summed E-state index contributed by atoms with van der Waals surface area (Å²) in [7, 11) is 0. The first-order valence-corrected chi connectivity index (χ1v) is 6.33. The highest BCUT2D eigenvalue weighted by atomic mass is 19.1. The van der Waals surface area contributed by atoms with Gasteiger partial charge in [-0.25, -0.2) is 4.39 Å². The maximum atomic E-state index is 13.5. The van der Waals surface area contributed by atoms with Crippen molar-refractivity contribution in [2.75, 3.05) is 32.7 Å². The predicted octanol–water partition coefficient (Wildman–Crippen LogP) is 1.17. The molecule has 2 rings (SSSR count). The topological polar surface area (TPSA) is 40.6 Å². The van der Waals surface area contributed by atoms with Crippen LogP contribution in [0.3, 0.4) is 0 Å². The van der Waals surface area contributed by atoms with Crippen molar-refractivity contribution in [2.24, 2.45) is 0 Å². The molecule has 19 heavy (non-hydrogen) atoms. The lowest BCUT2D eigenvalue weighted by molar-refractivity contribution is -0.130. The lowest BCUT2D eigenvalue weighted by Gasteiger charge is -2.33. The van der Waals surface area contributed by atoms with Crippen molar-refractivity contribution in [1.29, 1.82) is 0 Å². The van der Waals surface area contributed by atoms with Crippen LogP contribution in [0.15, 0.2) is 24.3 Å². The Morgan fingerprint density at radius 3 is 2.37 bits per heavy atom. The zero-order chi connectivity index (χ0) is 13.8. The molecular formula is C14H17FN2O2. The van der Waals surface area contributed by atoms with Crippen molar-refractivity contribution < 1.29 is 14.0 Å². The Kier molecular flexibility index (Phi) is 4.27. The lowest BCUT2D eigenvalue weighted by atomic mass is 10.1. The van der Waals surface area contributed by atoms with Gasteiger partial charge in [0.05, 0.1) is 12.1 Å². The van der Waals surface area contributed by atoms with Gasteiger partial charge in [0.2, 0.25) is 5.91 Å². The third-order valence-electron chi connectivity index (χ3n) is 3.36. The summed E-state index contributed by atoms with van der Waals surface area (Å²) in [4.78, 5) is 26.9.